The minimum atomic E-state index is -0.262. The third kappa shape index (κ3) is 4.70. The Labute approximate surface area is 128 Å². The van der Waals surface area contributed by atoms with Crippen LogP contribution in [0.25, 0.3) is 0 Å². The zero-order chi connectivity index (χ0) is 15.1. The number of hydrogen-bond acceptors (Lipinski definition) is 2. The van der Waals surface area contributed by atoms with Crippen LogP contribution in [0.3, 0.4) is 0 Å². The summed E-state index contributed by atoms with van der Waals surface area (Å²) in [5.41, 5.74) is 1.05. The van der Waals surface area contributed by atoms with Gasteiger partial charge < -0.3 is 10.1 Å². The van der Waals surface area contributed by atoms with Crippen molar-refractivity contribution in [2.45, 2.75) is 57.4 Å². The van der Waals surface area contributed by atoms with Gasteiger partial charge in [0.25, 0.3) is 0 Å². The summed E-state index contributed by atoms with van der Waals surface area (Å²) in [7, 11) is 3.53. The van der Waals surface area contributed by atoms with Gasteiger partial charge in [-0.25, -0.2) is 4.39 Å². The molecule has 0 aromatic heterocycles. The van der Waals surface area contributed by atoms with Gasteiger partial charge in [-0.1, -0.05) is 38.2 Å². The van der Waals surface area contributed by atoms with Gasteiger partial charge in [0.1, 0.15) is 0 Å². The average Bonchev–Trinajstić information content (AvgIpc) is 2.45. The highest BCUT2D eigenvalue weighted by Crippen LogP contribution is 2.27. The van der Waals surface area contributed by atoms with E-state index in [1.165, 1.54) is 52.1 Å². The molecule has 1 saturated carbocycles. The van der Waals surface area contributed by atoms with Gasteiger partial charge in [0, 0.05) is 6.04 Å². The third-order valence-electron chi connectivity index (χ3n) is 4.76. The Bertz CT molecular complexity index is 427. The molecule has 1 aromatic carbocycles. The SMILES string of the molecule is CNC(Cc1ccc(OC)c(F)c1)C1CCCCCCC1. The summed E-state index contributed by atoms with van der Waals surface area (Å²) in [5, 5.41) is 3.46. The summed E-state index contributed by atoms with van der Waals surface area (Å²) in [5.74, 6) is 0.772. The number of methoxy groups -OCH3 is 1. The van der Waals surface area contributed by atoms with Gasteiger partial charge in [0.2, 0.25) is 0 Å². The van der Waals surface area contributed by atoms with Crippen LogP contribution in [0.1, 0.15) is 50.5 Å². The van der Waals surface area contributed by atoms with Gasteiger partial charge in [0.05, 0.1) is 7.11 Å². The van der Waals surface area contributed by atoms with Crippen molar-refractivity contribution in [3.63, 3.8) is 0 Å². The first-order valence-corrected chi connectivity index (χ1v) is 8.24. The number of rotatable bonds is 5. The van der Waals surface area contributed by atoms with Crippen LogP contribution in [0.5, 0.6) is 5.75 Å². The number of likely N-dealkylation sites (N-methyl/N-ethyl adjacent to an activating group) is 1. The van der Waals surface area contributed by atoms with Crippen LogP contribution >= 0.6 is 0 Å². The maximum atomic E-state index is 13.8. The molecular formula is C18H28FNO. The zero-order valence-corrected chi connectivity index (χ0v) is 13.3. The molecule has 21 heavy (non-hydrogen) atoms. The molecule has 1 atom stereocenters. The third-order valence-corrected chi connectivity index (χ3v) is 4.76. The molecule has 0 spiro atoms. The number of ether oxygens (including phenoxy) is 1. The van der Waals surface area contributed by atoms with Crippen LogP contribution in [0.4, 0.5) is 4.39 Å². The maximum absolute atomic E-state index is 13.8. The highest BCUT2D eigenvalue weighted by atomic mass is 19.1. The van der Waals surface area contributed by atoms with Gasteiger partial charge in [-0.3, -0.25) is 0 Å². The van der Waals surface area contributed by atoms with E-state index in [-0.39, 0.29) is 5.82 Å². The van der Waals surface area contributed by atoms with Gasteiger partial charge in [-0.05, 0) is 49.9 Å². The van der Waals surface area contributed by atoms with Crippen LogP contribution in [0, 0.1) is 11.7 Å². The number of benzene rings is 1. The molecule has 0 amide bonds. The van der Waals surface area contributed by atoms with Crippen molar-refractivity contribution in [2.75, 3.05) is 14.2 Å². The Morgan fingerprint density at radius 3 is 2.43 bits per heavy atom. The molecule has 1 unspecified atom stereocenters. The van der Waals surface area contributed by atoms with Gasteiger partial charge in [0.15, 0.2) is 11.6 Å². The number of hydrogen-bond donors (Lipinski definition) is 1. The lowest BCUT2D eigenvalue weighted by Gasteiger charge is -2.28. The number of nitrogens with one attached hydrogen (secondary N) is 1. The van der Waals surface area contributed by atoms with Crippen LogP contribution in [-0.4, -0.2) is 20.2 Å². The maximum Gasteiger partial charge on any atom is 0.165 e. The van der Waals surface area contributed by atoms with Crippen LogP contribution in [-0.2, 0) is 6.42 Å². The predicted molar refractivity (Wildman–Crippen MR) is 85.3 cm³/mol. The smallest absolute Gasteiger partial charge is 0.165 e. The van der Waals surface area contributed by atoms with Crippen molar-refractivity contribution >= 4 is 0 Å². The molecule has 1 aromatic rings. The van der Waals surface area contributed by atoms with E-state index >= 15 is 0 Å². The summed E-state index contributed by atoms with van der Waals surface area (Å²) >= 11 is 0. The predicted octanol–water partition coefficient (Wildman–Crippen LogP) is 4.33. The quantitative estimate of drug-likeness (QED) is 0.872. The van der Waals surface area contributed by atoms with Gasteiger partial charge in [-0.15, -0.1) is 0 Å². The molecule has 3 heteroatoms. The normalized spacial score (nSPS) is 18.8. The van der Waals surface area contributed by atoms with E-state index in [9.17, 15) is 4.39 Å². The second-order valence-corrected chi connectivity index (χ2v) is 6.17. The average molecular weight is 293 g/mol. The Hall–Kier alpha value is -1.09. The standard InChI is InChI=1S/C18H28FNO/c1-20-17(15-8-6-4-3-5-7-9-15)13-14-10-11-18(21-2)16(19)12-14/h10-12,15,17,20H,3-9,13H2,1-2H3. The molecule has 2 nitrogen and oxygen atoms in total. The lowest BCUT2D eigenvalue weighted by Crippen LogP contribution is -2.36. The molecule has 0 aliphatic heterocycles. The van der Waals surface area contributed by atoms with Crippen molar-refractivity contribution < 1.29 is 9.13 Å². The van der Waals surface area contributed by atoms with Crippen molar-refractivity contribution in [2.24, 2.45) is 5.92 Å². The second-order valence-electron chi connectivity index (χ2n) is 6.17. The fourth-order valence-electron chi connectivity index (χ4n) is 3.49. The minimum Gasteiger partial charge on any atom is -0.494 e. The first-order chi connectivity index (χ1) is 10.2. The molecule has 2 rings (SSSR count). The van der Waals surface area contributed by atoms with Crippen molar-refractivity contribution in [1.82, 2.24) is 5.32 Å². The highest BCUT2D eigenvalue weighted by molar-refractivity contribution is 5.29. The van der Waals surface area contributed by atoms with E-state index in [0.717, 1.165) is 12.0 Å². The summed E-state index contributed by atoms with van der Waals surface area (Å²) in [6.07, 6.45) is 10.3. The molecule has 0 heterocycles. The second kappa shape index (κ2) is 8.38. The van der Waals surface area contributed by atoms with E-state index in [1.54, 1.807) is 12.1 Å². The number of halogens is 1. The topological polar surface area (TPSA) is 21.3 Å². The fourth-order valence-corrected chi connectivity index (χ4v) is 3.49. The molecule has 1 N–H and O–H groups in total. The molecule has 1 aliphatic rings. The van der Waals surface area contributed by atoms with Crippen molar-refractivity contribution in [1.29, 1.82) is 0 Å². The molecule has 1 fully saturated rings. The Morgan fingerprint density at radius 2 is 1.86 bits per heavy atom. The summed E-state index contributed by atoms with van der Waals surface area (Å²) in [4.78, 5) is 0. The Kier molecular flexibility index (Phi) is 6.50. The van der Waals surface area contributed by atoms with Crippen molar-refractivity contribution in [3.05, 3.63) is 29.6 Å². The molecule has 0 radical (unpaired) electrons. The zero-order valence-electron chi connectivity index (χ0n) is 13.3. The molecule has 0 bridgehead atoms. The first kappa shape index (κ1) is 16.3. The van der Waals surface area contributed by atoms with Gasteiger partial charge >= 0.3 is 0 Å². The molecule has 118 valence electrons. The van der Waals surface area contributed by atoms with E-state index in [1.807, 2.05) is 13.1 Å². The van der Waals surface area contributed by atoms with Crippen LogP contribution < -0.4 is 10.1 Å². The molecule has 0 saturated heterocycles. The monoisotopic (exact) mass is 293 g/mol. The molecule has 1 aliphatic carbocycles. The Balaban J connectivity index is 2.01. The largest absolute Gasteiger partial charge is 0.494 e. The summed E-state index contributed by atoms with van der Waals surface area (Å²) in [6.45, 7) is 0. The summed E-state index contributed by atoms with van der Waals surface area (Å²) < 4.78 is 18.8. The lowest BCUT2D eigenvalue weighted by molar-refractivity contribution is 0.293. The molecular weight excluding hydrogens is 265 g/mol. The highest BCUT2D eigenvalue weighted by Gasteiger charge is 2.21. The van der Waals surface area contributed by atoms with Crippen LogP contribution in [0.15, 0.2) is 18.2 Å². The lowest BCUT2D eigenvalue weighted by atomic mass is 9.83. The van der Waals surface area contributed by atoms with Gasteiger partial charge in [-0.2, -0.15) is 0 Å². The van der Waals surface area contributed by atoms with E-state index in [2.05, 4.69) is 5.32 Å². The first-order valence-electron chi connectivity index (χ1n) is 8.24. The van der Waals surface area contributed by atoms with Crippen LogP contribution in [0.2, 0.25) is 0 Å². The summed E-state index contributed by atoms with van der Waals surface area (Å²) in [6, 6.07) is 5.77. The van der Waals surface area contributed by atoms with Crippen molar-refractivity contribution in [3.8, 4) is 5.75 Å². The van der Waals surface area contributed by atoms with E-state index in [0.29, 0.717) is 17.7 Å². The fraction of sp³-hybridized carbons (Fsp3) is 0.667. The van der Waals surface area contributed by atoms with E-state index < -0.39 is 0 Å². The Morgan fingerprint density at radius 1 is 1.19 bits per heavy atom. The van der Waals surface area contributed by atoms with E-state index in [4.69, 9.17) is 4.74 Å². The minimum absolute atomic E-state index is 0.262.